The summed E-state index contributed by atoms with van der Waals surface area (Å²) in [5, 5.41) is 5.65. The van der Waals surface area contributed by atoms with E-state index >= 15 is 0 Å². The van der Waals surface area contributed by atoms with E-state index in [-0.39, 0.29) is 30.2 Å². The van der Waals surface area contributed by atoms with Crippen LogP contribution >= 0.6 is 0 Å². The van der Waals surface area contributed by atoms with Gasteiger partial charge in [-0.1, -0.05) is 12.1 Å². The van der Waals surface area contributed by atoms with Gasteiger partial charge >= 0.3 is 0 Å². The van der Waals surface area contributed by atoms with Crippen molar-refractivity contribution in [1.29, 1.82) is 0 Å². The average Bonchev–Trinajstić information content (AvgIpc) is 3.37. The van der Waals surface area contributed by atoms with Crippen molar-refractivity contribution >= 4 is 23.4 Å². The van der Waals surface area contributed by atoms with E-state index in [1.54, 1.807) is 41.3 Å². The lowest BCUT2D eigenvalue weighted by molar-refractivity contribution is -0.121. The third-order valence-electron chi connectivity index (χ3n) is 5.68. The second-order valence-electron chi connectivity index (χ2n) is 7.87. The van der Waals surface area contributed by atoms with Gasteiger partial charge in [-0.3, -0.25) is 14.4 Å². The zero-order valence-electron chi connectivity index (χ0n) is 17.9. The monoisotopic (exact) mass is 449 g/mol. The third kappa shape index (κ3) is 5.46. The molecule has 4 rings (SSSR count). The number of nitrogens with one attached hydrogen (secondary N) is 2. The van der Waals surface area contributed by atoms with Crippen molar-refractivity contribution < 1.29 is 23.2 Å². The number of nitrogens with zero attached hydrogens (tertiary/aromatic N) is 1. The fourth-order valence-electron chi connectivity index (χ4n) is 3.82. The van der Waals surface area contributed by atoms with Crippen molar-refractivity contribution in [3.63, 3.8) is 0 Å². The number of furan rings is 1. The van der Waals surface area contributed by atoms with Gasteiger partial charge in [0.2, 0.25) is 5.91 Å². The fraction of sp³-hybridized carbons (Fsp3) is 0.240. The number of likely N-dealkylation sites (tertiary alicyclic amines) is 1. The first-order chi connectivity index (χ1) is 16.0. The number of carbonyl (C=O) groups excluding carboxylic acids is 3. The van der Waals surface area contributed by atoms with Crippen LogP contribution in [-0.2, 0) is 11.3 Å². The van der Waals surface area contributed by atoms with Gasteiger partial charge in [0, 0.05) is 24.6 Å². The molecule has 2 N–H and O–H groups in total. The van der Waals surface area contributed by atoms with E-state index in [9.17, 15) is 18.8 Å². The highest BCUT2D eigenvalue weighted by Gasteiger charge is 2.28. The van der Waals surface area contributed by atoms with E-state index in [0.717, 1.165) is 0 Å². The van der Waals surface area contributed by atoms with E-state index in [4.69, 9.17) is 4.42 Å². The van der Waals surface area contributed by atoms with Crippen molar-refractivity contribution in [2.24, 2.45) is 5.92 Å². The van der Waals surface area contributed by atoms with Gasteiger partial charge in [0.1, 0.15) is 11.6 Å². The van der Waals surface area contributed by atoms with Gasteiger partial charge in [0.05, 0.1) is 24.1 Å². The number of hydrogen-bond acceptors (Lipinski definition) is 4. The minimum absolute atomic E-state index is 0.174. The number of rotatable bonds is 6. The number of hydrogen-bond donors (Lipinski definition) is 2. The first-order valence-corrected chi connectivity index (χ1v) is 10.8. The lowest BCUT2D eigenvalue weighted by Gasteiger charge is -2.31. The molecular formula is C25H24FN3O4. The molecule has 2 heterocycles. The van der Waals surface area contributed by atoms with E-state index in [0.29, 0.717) is 48.5 Å². The Morgan fingerprint density at radius 2 is 1.70 bits per heavy atom. The Morgan fingerprint density at radius 1 is 0.970 bits per heavy atom. The molecule has 0 atom stereocenters. The van der Waals surface area contributed by atoms with E-state index in [2.05, 4.69) is 10.6 Å². The Balaban J connectivity index is 1.33. The van der Waals surface area contributed by atoms with Gasteiger partial charge in [0.15, 0.2) is 0 Å². The molecule has 33 heavy (non-hydrogen) atoms. The maximum atomic E-state index is 13.1. The molecule has 170 valence electrons. The average molecular weight is 449 g/mol. The molecule has 0 spiro atoms. The maximum absolute atomic E-state index is 13.1. The number of anilines is 1. The van der Waals surface area contributed by atoms with Gasteiger partial charge in [-0.15, -0.1) is 0 Å². The van der Waals surface area contributed by atoms with Crippen molar-refractivity contribution in [2.75, 3.05) is 18.4 Å². The maximum Gasteiger partial charge on any atom is 0.253 e. The summed E-state index contributed by atoms with van der Waals surface area (Å²) >= 11 is 0. The fourth-order valence-corrected chi connectivity index (χ4v) is 3.82. The summed E-state index contributed by atoms with van der Waals surface area (Å²) in [4.78, 5) is 39.8. The van der Waals surface area contributed by atoms with Crippen molar-refractivity contribution in [3.05, 3.63) is 89.6 Å². The molecule has 0 bridgehead atoms. The van der Waals surface area contributed by atoms with Crippen LogP contribution in [0.3, 0.4) is 0 Å². The Labute approximate surface area is 190 Å². The molecule has 0 saturated carbocycles. The minimum atomic E-state index is -0.392. The van der Waals surface area contributed by atoms with Crippen LogP contribution in [0.25, 0.3) is 0 Å². The lowest BCUT2D eigenvalue weighted by atomic mass is 9.95. The van der Waals surface area contributed by atoms with Crippen molar-refractivity contribution in [3.8, 4) is 0 Å². The summed E-state index contributed by atoms with van der Waals surface area (Å²) in [5.41, 5.74) is 1.22. The minimum Gasteiger partial charge on any atom is -0.467 e. The summed E-state index contributed by atoms with van der Waals surface area (Å²) in [5.74, 6) is -0.713. The van der Waals surface area contributed by atoms with E-state index in [1.807, 2.05) is 0 Å². The Kier molecular flexibility index (Phi) is 6.83. The first kappa shape index (κ1) is 22.3. The van der Waals surface area contributed by atoms with Crippen LogP contribution in [0.2, 0.25) is 0 Å². The third-order valence-corrected chi connectivity index (χ3v) is 5.68. The molecule has 0 unspecified atom stereocenters. The lowest BCUT2D eigenvalue weighted by Crippen LogP contribution is -2.41. The van der Waals surface area contributed by atoms with Crippen LogP contribution in [0, 0.1) is 11.7 Å². The van der Waals surface area contributed by atoms with Gasteiger partial charge in [-0.2, -0.15) is 0 Å². The number of carbonyl (C=O) groups is 3. The van der Waals surface area contributed by atoms with Crippen molar-refractivity contribution in [2.45, 2.75) is 19.4 Å². The number of para-hydroxylation sites is 1. The summed E-state index contributed by atoms with van der Waals surface area (Å²) in [7, 11) is 0. The molecule has 1 aliphatic heterocycles. The first-order valence-electron chi connectivity index (χ1n) is 10.8. The zero-order valence-corrected chi connectivity index (χ0v) is 17.9. The van der Waals surface area contributed by atoms with Crippen LogP contribution in [0.4, 0.5) is 10.1 Å². The topological polar surface area (TPSA) is 91.7 Å². The van der Waals surface area contributed by atoms with Gasteiger partial charge in [-0.25, -0.2) is 4.39 Å². The quantitative estimate of drug-likeness (QED) is 0.598. The SMILES string of the molecule is O=C(NCc1ccco1)c1ccccc1NC(=O)C1CCN(C(=O)c2ccc(F)cc2)CC1. The molecule has 1 aromatic heterocycles. The number of halogens is 1. The second-order valence-corrected chi connectivity index (χ2v) is 7.87. The predicted octanol–water partition coefficient (Wildman–Crippen LogP) is 3.84. The van der Waals surface area contributed by atoms with Gasteiger partial charge < -0.3 is 20.0 Å². The smallest absolute Gasteiger partial charge is 0.253 e. The van der Waals surface area contributed by atoms with Crippen LogP contribution in [0.1, 0.15) is 39.3 Å². The molecular weight excluding hydrogens is 425 g/mol. The number of piperidine rings is 1. The van der Waals surface area contributed by atoms with E-state index < -0.39 is 5.82 Å². The van der Waals surface area contributed by atoms with Crippen LogP contribution in [-0.4, -0.2) is 35.7 Å². The van der Waals surface area contributed by atoms with Gasteiger partial charge in [0.25, 0.3) is 11.8 Å². The molecule has 1 saturated heterocycles. The summed E-state index contributed by atoms with van der Waals surface area (Å²) in [6.07, 6.45) is 2.55. The normalized spacial score (nSPS) is 14.0. The van der Waals surface area contributed by atoms with Crippen LogP contribution < -0.4 is 10.6 Å². The second kappa shape index (κ2) is 10.1. The molecule has 8 heteroatoms. The predicted molar refractivity (Wildman–Crippen MR) is 120 cm³/mol. The van der Waals surface area contributed by atoms with Gasteiger partial charge in [-0.05, 0) is 61.4 Å². The molecule has 3 aromatic rings. The molecule has 7 nitrogen and oxygen atoms in total. The summed E-state index contributed by atoms with van der Waals surface area (Å²) in [6.45, 7) is 1.10. The highest BCUT2D eigenvalue weighted by Crippen LogP contribution is 2.23. The standard InChI is InChI=1S/C25H24FN3O4/c26-19-9-7-18(8-10-19)25(32)29-13-11-17(12-14-29)23(30)28-22-6-2-1-5-21(22)24(31)27-16-20-4-3-15-33-20/h1-10,15,17H,11-14,16H2,(H,27,31)(H,28,30). The Bertz CT molecular complexity index is 1120. The largest absolute Gasteiger partial charge is 0.467 e. The molecule has 1 aliphatic rings. The van der Waals surface area contributed by atoms with Crippen LogP contribution in [0.15, 0.2) is 71.3 Å². The number of benzene rings is 2. The van der Waals surface area contributed by atoms with E-state index in [1.165, 1.54) is 30.5 Å². The zero-order chi connectivity index (χ0) is 23.2. The Hall–Kier alpha value is -3.94. The van der Waals surface area contributed by atoms with Crippen LogP contribution in [0.5, 0.6) is 0 Å². The molecule has 1 fully saturated rings. The molecule has 0 radical (unpaired) electrons. The number of amides is 3. The summed E-state index contributed by atoms with van der Waals surface area (Å²) in [6, 6.07) is 15.8. The summed E-state index contributed by atoms with van der Waals surface area (Å²) < 4.78 is 18.3. The highest BCUT2D eigenvalue weighted by molar-refractivity contribution is 6.04. The molecule has 2 aromatic carbocycles. The van der Waals surface area contributed by atoms with Crippen molar-refractivity contribution in [1.82, 2.24) is 10.2 Å². The molecule has 0 aliphatic carbocycles. The highest BCUT2D eigenvalue weighted by atomic mass is 19.1. The Morgan fingerprint density at radius 3 is 2.39 bits per heavy atom. The molecule has 3 amide bonds.